The highest BCUT2D eigenvalue weighted by Gasteiger charge is 2.36. The molecule has 1 atom stereocenters. The number of rotatable bonds is 3. The van der Waals surface area contributed by atoms with E-state index >= 15 is 0 Å². The Labute approximate surface area is 124 Å². The second kappa shape index (κ2) is 5.52. The molecule has 0 aliphatic carbocycles. The van der Waals surface area contributed by atoms with E-state index in [-0.39, 0.29) is 23.8 Å². The maximum absolute atomic E-state index is 13.9. The summed E-state index contributed by atoms with van der Waals surface area (Å²) in [6, 6.07) is 7.28. The summed E-state index contributed by atoms with van der Waals surface area (Å²) in [5.74, 6) is 0.119. The molecular formula is C15H13F2NO2S. The van der Waals surface area contributed by atoms with E-state index in [1.54, 1.807) is 19.1 Å². The van der Waals surface area contributed by atoms with Gasteiger partial charge in [0.25, 0.3) is 0 Å². The van der Waals surface area contributed by atoms with E-state index in [9.17, 15) is 13.6 Å². The molecule has 1 saturated heterocycles. The molecule has 6 heteroatoms. The van der Waals surface area contributed by atoms with Gasteiger partial charge in [-0.15, -0.1) is 11.8 Å². The smallest absolute Gasteiger partial charge is 0.234 e. The lowest BCUT2D eigenvalue weighted by Gasteiger charge is -2.23. The lowest BCUT2D eigenvalue weighted by atomic mass is 10.1. The van der Waals surface area contributed by atoms with Crippen LogP contribution in [0.2, 0.25) is 0 Å². The molecule has 110 valence electrons. The van der Waals surface area contributed by atoms with Gasteiger partial charge in [-0.3, -0.25) is 4.79 Å². The van der Waals surface area contributed by atoms with E-state index < -0.39 is 17.0 Å². The van der Waals surface area contributed by atoms with Crippen LogP contribution < -0.4 is 0 Å². The molecule has 1 aromatic heterocycles. The van der Waals surface area contributed by atoms with Crippen LogP contribution in [0.25, 0.3) is 0 Å². The minimum Gasteiger partial charge on any atom is -0.464 e. The third-order valence-electron chi connectivity index (χ3n) is 3.34. The number of benzene rings is 1. The van der Waals surface area contributed by atoms with Gasteiger partial charge in [0.1, 0.15) is 28.5 Å². The second-order valence-electron chi connectivity index (χ2n) is 4.83. The normalized spacial score (nSPS) is 18.5. The van der Waals surface area contributed by atoms with Crippen LogP contribution in [0, 0.1) is 18.6 Å². The van der Waals surface area contributed by atoms with Crippen LogP contribution in [0.5, 0.6) is 0 Å². The third kappa shape index (κ3) is 2.68. The number of carbonyl (C=O) groups is 1. The molecule has 0 spiro atoms. The third-order valence-corrected chi connectivity index (χ3v) is 4.56. The van der Waals surface area contributed by atoms with Crippen LogP contribution in [-0.4, -0.2) is 16.6 Å². The molecule has 3 nitrogen and oxygen atoms in total. The molecule has 0 saturated carbocycles. The standard InChI is InChI=1S/C15H13F2NO2S/c1-9-5-6-10(20-9)7-18-13(19)8-21-15(18)14-11(16)3-2-4-12(14)17/h2-6,15H,7-8H2,1H3. The monoisotopic (exact) mass is 309 g/mol. The Hall–Kier alpha value is -1.82. The first-order valence-electron chi connectivity index (χ1n) is 6.46. The minimum absolute atomic E-state index is 0.0726. The molecule has 1 fully saturated rings. The van der Waals surface area contributed by atoms with Crippen molar-refractivity contribution in [1.29, 1.82) is 0 Å². The molecular weight excluding hydrogens is 296 g/mol. The van der Waals surface area contributed by atoms with Crippen LogP contribution in [-0.2, 0) is 11.3 Å². The van der Waals surface area contributed by atoms with E-state index in [0.29, 0.717) is 5.76 Å². The maximum atomic E-state index is 13.9. The van der Waals surface area contributed by atoms with Gasteiger partial charge in [-0.05, 0) is 31.2 Å². The van der Waals surface area contributed by atoms with Crippen LogP contribution in [0.3, 0.4) is 0 Å². The van der Waals surface area contributed by atoms with Crippen LogP contribution in [0.1, 0.15) is 22.5 Å². The van der Waals surface area contributed by atoms with Crippen molar-refractivity contribution < 1.29 is 18.0 Å². The second-order valence-corrected chi connectivity index (χ2v) is 5.90. The van der Waals surface area contributed by atoms with Gasteiger partial charge in [-0.25, -0.2) is 8.78 Å². The fourth-order valence-corrected chi connectivity index (χ4v) is 3.58. The molecule has 2 aromatic rings. The van der Waals surface area contributed by atoms with Crippen molar-refractivity contribution in [2.75, 3.05) is 5.75 Å². The first-order chi connectivity index (χ1) is 10.1. The summed E-state index contributed by atoms with van der Waals surface area (Å²) in [6.07, 6.45) is 0. The summed E-state index contributed by atoms with van der Waals surface area (Å²) in [5, 5.41) is -0.663. The largest absolute Gasteiger partial charge is 0.464 e. The number of carbonyl (C=O) groups excluding carboxylic acids is 1. The molecule has 0 bridgehead atoms. The van der Waals surface area contributed by atoms with E-state index in [1.165, 1.54) is 34.9 Å². The van der Waals surface area contributed by atoms with Gasteiger partial charge in [0.15, 0.2) is 0 Å². The molecule has 1 aliphatic rings. The summed E-state index contributed by atoms with van der Waals surface area (Å²) >= 11 is 1.22. The highest BCUT2D eigenvalue weighted by atomic mass is 32.2. The number of aryl methyl sites for hydroxylation is 1. The van der Waals surface area contributed by atoms with Crippen molar-refractivity contribution in [2.24, 2.45) is 0 Å². The van der Waals surface area contributed by atoms with Crippen molar-refractivity contribution in [3.8, 4) is 0 Å². The molecule has 0 radical (unpaired) electrons. The number of amides is 1. The van der Waals surface area contributed by atoms with Gasteiger partial charge in [-0.1, -0.05) is 6.07 Å². The predicted molar refractivity (Wildman–Crippen MR) is 75.6 cm³/mol. The number of halogens is 2. The summed E-state index contributed by atoms with van der Waals surface area (Å²) in [7, 11) is 0. The Kier molecular flexibility index (Phi) is 3.71. The quantitative estimate of drug-likeness (QED) is 0.868. The van der Waals surface area contributed by atoms with Gasteiger partial charge in [0.2, 0.25) is 5.91 Å². The Morgan fingerprint density at radius 1 is 1.29 bits per heavy atom. The Morgan fingerprint density at radius 3 is 2.62 bits per heavy atom. The topological polar surface area (TPSA) is 33.5 Å². The van der Waals surface area contributed by atoms with Gasteiger partial charge < -0.3 is 9.32 Å². The minimum atomic E-state index is -0.663. The van der Waals surface area contributed by atoms with E-state index in [1.807, 2.05) is 0 Å². The zero-order chi connectivity index (χ0) is 15.0. The van der Waals surface area contributed by atoms with E-state index in [0.717, 1.165) is 5.76 Å². The number of furan rings is 1. The number of hydrogen-bond donors (Lipinski definition) is 0. The molecule has 0 N–H and O–H groups in total. The molecule has 1 unspecified atom stereocenters. The van der Waals surface area contributed by atoms with Gasteiger partial charge >= 0.3 is 0 Å². The SMILES string of the molecule is Cc1ccc(CN2C(=O)CSC2c2c(F)cccc2F)o1. The summed E-state index contributed by atoms with van der Waals surface area (Å²) in [6.45, 7) is 2.01. The first kappa shape index (κ1) is 14.1. The fourth-order valence-electron chi connectivity index (χ4n) is 2.35. The molecule has 1 amide bonds. The van der Waals surface area contributed by atoms with Crippen LogP contribution in [0.15, 0.2) is 34.7 Å². The highest BCUT2D eigenvalue weighted by molar-refractivity contribution is 8.00. The number of hydrogen-bond acceptors (Lipinski definition) is 3. The van der Waals surface area contributed by atoms with Gasteiger partial charge in [0, 0.05) is 0 Å². The van der Waals surface area contributed by atoms with Crippen molar-refractivity contribution in [3.05, 3.63) is 59.1 Å². The highest BCUT2D eigenvalue weighted by Crippen LogP contribution is 2.41. The molecule has 21 heavy (non-hydrogen) atoms. The Morgan fingerprint density at radius 2 is 2.00 bits per heavy atom. The summed E-state index contributed by atoms with van der Waals surface area (Å²) in [4.78, 5) is 13.5. The Bertz CT molecular complexity index is 666. The van der Waals surface area contributed by atoms with Gasteiger partial charge in [0.05, 0.1) is 17.9 Å². The summed E-state index contributed by atoms with van der Waals surface area (Å²) in [5.41, 5.74) is -0.0726. The van der Waals surface area contributed by atoms with E-state index in [4.69, 9.17) is 4.42 Å². The van der Waals surface area contributed by atoms with Crippen molar-refractivity contribution in [3.63, 3.8) is 0 Å². The summed E-state index contributed by atoms with van der Waals surface area (Å²) < 4.78 is 33.3. The van der Waals surface area contributed by atoms with Crippen LogP contribution in [0.4, 0.5) is 8.78 Å². The zero-order valence-corrected chi connectivity index (χ0v) is 12.1. The van der Waals surface area contributed by atoms with Crippen LogP contribution >= 0.6 is 11.8 Å². The number of thioether (sulfide) groups is 1. The molecule has 3 rings (SSSR count). The van der Waals surface area contributed by atoms with E-state index in [2.05, 4.69) is 0 Å². The fraction of sp³-hybridized carbons (Fsp3) is 0.267. The molecule has 1 aromatic carbocycles. The molecule has 1 aliphatic heterocycles. The first-order valence-corrected chi connectivity index (χ1v) is 7.51. The average molecular weight is 309 g/mol. The van der Waals surface area contributed by atoms with Crippen molar-refractivity contribution in [1.82, 2.24) is 4.90 Å². The lowest BCUT2D eigenvalue weighted by molar-refractivity contribution is -0.128. The number of nitrogens with zero attached hydrogens (tertiary/aromatic N) is 1. The lowest BCUT2D eigenvalue weighted by Crippen LogP contribution is -2.28. The zero-order valence-electron chi connectivity index (χ0n) is 11.3. The Balaban J connectivity index is 1.92. The molecule has 2 heterocycles. The van der Waals surface area contributed by atoms with Crippen molar-refractivity contribution in [2.45, 2.75) is 18.8 Å². The predicted octanol–water partition coefficient (Wildman–Crippen LogP) is 3.64. The van der Waals surface area contributed by atoms with Crippen molar-refractivity contribution >= 4 is 17.7 Å². The van der Waals surface area contributed by atoms with Gasteiger partial charge in [-0.2, -0.15) is 0 Å². The maximum Gasteiger partial charge on any atom is 0.234 e. The average Bonchev–Trinajstić information content (AvgIpc) is 2.99.